The third kappa shape index (κ3) is 6.14. The summed E-state index contributed by atoms with van der Waals surface area (Å²) in [6.07, 6.45) is 0. The van der Waals surface area contributed by atoms with Gasteiger partial charge < -0.3 is 14.7 Å². The second-order valence-corrected chi connectivity index (χ2v) is 19.6. The minimum atomic E-state index is -0.225. The van der Waals surface area contributed by atoms with Crippen LogP contribution in [-0.2, 0) is 5.41 Å². The van der Waals surface area contributed by atoms with Crippen LogP contribution >= 0.6 is 0 Å². The first-order valence-corrected chi connectivity index (χ1v) is 24.6. The Morgan fingerprint density at radius 3 is 1.80 bits per heavy atom. The van der Waals surface area contributed by atoms with Gasteiger partial charge in [0.25, 0.3) is 0 Å². The van der Waals surface area contributed by atoms with Gasteiger partial charge in [0.1, 0.15) is 0 Å². The number of hydrogen-bond donors (Lipinski definition) is 0. The van der Waals surface area contributed by atoms with Gasteiger partial charge >= 0.3 is 0 Å². The van der Waals surface area contributed by atoms with Crippen molar-refractivity contribution >= 4 is 61.4 Å². The third-order valence-corrected chi connectivity index (χ3v) is 15.4. The number of rotatable bonds is 7. The quantitative estimate of drug-likeness (QED) is 0.158. The largest absolute Gasteiger partial charge is 0.338 e. The lowest BCUT2D eigenvalue weighted by molar-refractivity contribution is 0.660. The predicted molar refractivity (Wildman–Crippen MR) is 296 cm³/mol. The molecule has 70 heavy (non-hydrogen) atoms. The van der Waals surface area contributed by atoms with Crippen molar-refractivity contribution in [3.63, 3.8) is 0 Å². The number of benzene rings is 11. The number of anilines is 7. The molecule has 14 rings (SSSR count). The molecule has 332 valence electrons. The highest BCUT2D eigenvalue weighted by atomic mass is 15.3. The van der Waals surface area contributed by atoms with Crippen LogP contribution in [0, 0.1) is 0 Å². The van der Waals surface area contributed by atoms with Gasteiger partial charge in [-0.25, -0.2) is 0 Å². The molecule has 0 N–H and O–H groups in total. The molecule has 0 bridgehead atoms. The van der Waals surface area contributed by atoms with Crippen molar-refractivity contribution in [1.82, 2.24) is 0 Å². The molecule has 1 aliphatic heterocycles. The second-order valence-electron chi connectivity index (χ2n) is 19.6. The van der Waals surface area contributed by atoms with Crippen LogP contribution in [0.1, 0.15) is 25.0 Å². The van der Waals surface area contributed by atoms with Crippen LogP contribution in [0.5, 0.6) is 0 Å². The van der Waals surface area contributed by atoms with E-state index >= 15 is 0 Å². The molecule has 3 nitrogen and oxygen atoms in total. The standard InChI is InChI=1S/C67H49N3/c1-67(2)60-32-14-13-28-57(60)65-59(56-30-17-33-63-66(56)69(49-23-7-4-8-24-49)39-38-68(63)48-21-5-3-6-22-48)42-47(43-61(65)67)46-20-15-25-50(41-46)70(51-35-34-44-18-9-10-19-45(44)40-51)62-37-36-55-53-27-12-11-26-52(53)54-29-16-31-58(62)64(54)55/h3-37,40-43H,38-39H2,1-2H3. The number of nitrogens with zero attached hydrogens (tertiary/aromatic N) is 3. The van der Waals surface area contributed by atoms with Crippen molar-refractivity contribution in [3.05, 3.63) is 248 Å². The monoisotopic (exact) mass is 895 g/mol. The van der Waals surface area contributed by atoms with Crippen molar-refractivity contribution in [3.8, 4) is 55.6 Å². The highest BCUT2D eigenvalue weighted by molar-refractivity contribution is 6.19. The minimum Gasteiger partial charge on any atom is -0.338 e. The summed E-state index contributed by atoms with van der Waals surface area (Å²) in [6.45, 7) is 6.54. The fourth-order valence-corrected chi connectivity index (χ4v) is 12.2. The van der Waals surface area contributed by atoms with Crippen molar-refractivity contribution in [2.75, 3.05) is 27.8 Å². The Morgan fingerprint density at radius 2 is 1.00 bits per heavy atom. The van der Waals surface area contributed by atoms with E-state index in [9.17, 15) is 0 Å². The molecular weight excluding hydrogens is 847 g/mol. The summed E-state index contributed by atoms with van der Waals surface area (Å²) in [5, 5.41) is 5.00. The molecule has 3 aliphatic rings. The summed E-state index contributed by atoms with van der Waals surface area (Å²) in [4.78, 5) is 7.54. The average molecular weight is 896 g/mol. The Hall–Kier alpha value is -8.66. The van der Waals surface area contributed by atoms with Gasteiger partial charge in [-0.2, -0.15) is 0 Å². The number of para-hydroxylation sites is 3. The summed E-state index contributed by atoms with van der Waals surface area (Å²) < 4.78 is 0. The van der Waals surface area contributed by atoms with E-state index in [0.717, 1.165) is 30.2 Å². The minimum absolute atomic E-state index is 0.225. The highest BCUT2D eigenvalue weighted by Gasteiger charge is 2.39. The Kier molecular flexibility index (Phi) is 9.06. The zero-order chi connectivity index (χ0) is 46.5. The fraction of sp³-hybridized carbons (Fsp3) is 0.0746. The smallest absolute Gasteiger partial charge is 0.0732 e. The molecule has 3 heteroatoms. The molecule has 0 amide bonds. The van der Waals surface area contributed by atoms with Crippen molar-refractivity contribution < 1.29 is 0 Å². The van der Waals surface area contributed by atoms with Crippen LogP contribution < -0.4 is 14.7 Å². The first-order valence-electron chi connectivity index (χ1n) is 24.6. The van der Waals surface area contributed by atoms with E-state index < -0.39 is 0 Å². The van der Waals surface area contributed by atoms with Crippen LogP contribution in [0.15, 0.2) is 237 Å². The van der Waals surface area contributed by atoms with Crippen LogP contribution in [0.2, 0.25) is 0 Å². The molecule has 2 aliphatic carbocycles. The Labute approximate surface area is 409 Å². The molecule has 0 spiro atoms. The Balaban J connectivity index is 0.998. The van der Waals surface area contributed by atoms with E-state index in [1.165, 1.54) is 111 Å². The van der Waals surface area contributed by atoms with E-state index in [-0.39, 0.29) is 5.41 Å². The van der Waals surface area contributed by atoms with E-state index in [2.05, 4.69) is 265 Å². The van der Waals surface area contributed by atoms with Gasteiger partial charge in [0.05, 0.1) is 17.1 Å². The number of fused-ring (bicyclic) bond motifs is 8. The summed E-state index contributed by atoms with van der Waals surface area (Å²) >= 11 is 0. The van der Waals surface area contributed by atoms with Crippen molar-refractivity contribution in [1.29, 1.82) is 0 Å². The van der Waals surface area contributed by atoms with Gasteiger partial charge in [-0.15, -0.1) is 0 Å². The molecular formula is C67H49N3. The lowest BCUT2D eigenvalue weighted by Gasteiger charge is -2.40. The molecule has 11 aromatic rings. The topological polar surface area (TPSA) is 9.72 Å². The van der Waals surface area contributed by atoms with Gasteiger partial charge in [-0.1, -0.05) is 178 Å². The van der Waals surface area contributed by atoms with Crippen molar-refractivity contribution in [2.45, 2.75) is 19.3 Å². The fourth-order valence-electron chi connectivity index (χ4n) is 12.2. The summed E-state index contributed by atoms with van der Waals surface area (Å²) in [6, 6.07) is 88.1. The Morgan fingerprint density at radius 1 is 0.386 bits per heavy atom. The SMILES string of the molecule is CC1(C)c2ccccc2-c2c(-c3cccc4c3N(c3ccccc3)CCN4c3ccccc3)cc(-c3cccc(N(c4ccc5ccccc5c4)c4ccc5c6c(cccc46)-c4ccccc4-5)c3)cc21. The molecule has 0 aromatic heterocycles. The first kappa shape index (κ1) is 40.4. The second kappa shape index (κ2) is 15.7. The lowest BCUT2D eigenvalue weighted by Crippen LogP contribution is -2.36. The molecule has 0 unspecified atom stereocenters. The Bertz CT molecular complexity index is 3860. The van der Waals surface area contributed by atoms with Gasteiger partial charge in [0.15, 0.2) is 0 Å². The van der Waals surface area contributed by atoms with E-state index in [0.29, 0.717) is 0 Å². The molecule has 0 saturated heterocycles. The lowest BCUT2D eigenvalue weighted by atomic mass is 9.80. The van der Waals surface area contributed by atoms with Gasteiger partial charge in [0, 0.05) is 52.2 Å². The molecule has 0 atom stereocenters. The van der Waals surface area contributed by atoms with E-state index in [1.807, 2.05) is 0 Å². The summed E-state index contributed by atoms with van der Waals surface area (Å²) in [7, 11) is 0. The summed E-state index contributed by atoms with van der Waals surface area (Å²) in [5.41, 5.74) is 23.4. The number of hydrogen-bond acceptors (Lipinski definition) is 3. The maximum atomic E-state index is 2.55. The summed E-state index contributed by atoms with van der Waals surface area (Å²) in [5.74, 6) is 0. The predicted octanol–water partition coefficient (Wildman–Crippen LogP) is 18.0. The molecule has 11 aromatic carbocycles. The van der Waals surface area contributed by atoms with Crippen LogP contribution in [-0.4, -0.2) is 13.1 Å². The van der Waals surface area contributed by atoms with Gasteiger partial charge in [-0.05, 0) is 150 Å². The maximum absolute atomic E-state index is 2.55. The van der Waals surface area contributed by atoms with Crippen LogP contribution in [0.25, 0.3) is 77.2 Å². The van der Waals surface area contributed by atoms with Gasteiger partial charge in [-0.3, -0.25) is 0 Å². The first-order chi connectivity index (χ1) is 34.5. The van der Waals surface area contributed by atoms with E-state index in [1.54, 1.807) is 0 Å². The van der Waals surface area contributed by atoms with Crippen molar-refractivity contribution in [2.24, 2.45) is 0 Å². The zero-order valence-electron chi connectivity index (χ0n) is 39.3. The van der Waals surface area contributed by atoms with Gasteiger partial charge in [0.2, 0.25) is 0 Å². The molecule has 0 radical (unpaired) electrons. The van der Waals surface area contributed by atoms with Crippen LogP contribution in [0.3, 0.4) is 0 Å². The zero-order valence-corrected chi connectivity index (χ0v) is 39.3. The average Bonchev–Trinajstić information content (AvgIpc) is 3.87. The normalized spacial score (nSPS) is 13.8. The maximum Gasteiger partial charge on any atom is 0.0732 e. The molecule has 0 fully saturated rings. The van der Waals surface area contributed by atoms with Crippen LogP contribution in [0.4, 0.5) is 39.8 Å². The molecule has 1 heterocycles. The van der Waals surface area contributed by atoms with E-state index in [4.69, 9.17) is 0 Å². The third-order valence-electron chi connectivity index (χ3n) is 15.4. The molecule has 0 saturated carbocycles. The highest BCUT2D eigenvalue weighted by Crippen LogP contribution is 2.57.